The van der Waals surface area contributed by atoms with Gasteiger partial charge in [0.25, 0.3) is 0 Å². The maximum atomic E-state index is 12.9. The third kappa shape index (κ3) is 2.04. The smallest absolute Gasteiger partial charge is 0.123 e. The molecule has 0 amide bonds. The molecule has 2 aliphatic rings. The number of fused-ring (bicyclic) bond motifs is 3. The van der Waals surface area contributed by atoms with Crippen LogP contribution in [0.1, 0.15) is 29.2 Å². The van der Waals surface area contributed by atoms with Crippen molar-refractivity contribution in [1.82, 2.24) is 15.1 Å². The second kappa shape index (κ2) is 4.70. The predicted molar refractivity (Wildman–Crippen MR) is 74.8 cm³/mol. The minimum Gasteiger partial charge on any atom is -0.298 e. The zero-order valence-electron chi connectivity index (χ0n) is 11.3. The fourth-order valence-electron chi connectivity index (χ4n) is 3.74. The highest BCUT2D eigenvalue weighted by Crippen LogP contribution is 2.40. The average Bonchev–Trinajstić information content (AvgIpc) is 3.06. The van der Waals surface area contributed by atoms with Crippen LogP contribution in [0.15, 0.2) is 30.5 Å². The lowest BCUT2D eigenvalue weighted by Crippen LogP contribution is -2.20. The molecule has 2 atom stereocenters. The van der Waals surface area contributed by atoms with Gasteiger partial charge in [0.2, 0.25) is 0 Å². The molecule has 0 spiro atoms. The van der Waals surface area contributed by atoms with Gasteiger partial charge in [0.1, 0.15) is 5.82 Å². The number of likely N-dealkylation sites (tertiary alicyclic amines) is 1. The second-order valence-corrected chi connectivity index (χ2v) is 6.03. The van der Waals surface area contributed by atoms with E-state index < -0.39 is 0 Å². The number of hydrogen-bond acceptors (Lipinski definition) is 2. The molecule has 1 aliphatic heterocycles. The van der Waals surface area contributed by atoms with Gasteiger partial charge in [0.15, 0.2) is 0 Å². The number of nitrogens with one attached hydrogen (secondary N) is 1. The summed E-state index contributed by atoms with van der Waals surface area (Å²) in [6.07, 6.45) is 4.39. The molecule has 0 unspecified atom stereocenters. The Morgan fingerprint density at radius 3 is 2.95 bits per heavy atom. The Hall–Kier alpha value is -1.68. The molecule has 1 aromatic heterocycles. The van der Waals surface area contributed by atoms with E-state index in [-0.39, 0.29) is 5.82 Å². The summed E-state index contributed by atoms with van der Waals surface area (Å²) in [5.74, 6) is 1.18. The van der Waals surface area contributed by atoms with Gasteiger partial charge < -0.3 is 0 Å². The van der Waals surface area contributed by atoms with Crippen LogP contribution in [0.5, 0.6) is 0 Å². The van der Waals surface area contributed by atoms with Crippen LogP contribution < -0.4 is 0 Å². The molecular weight excluding hydrogens is 253 g/mol. The van der Waals surface area contributed by atoms with Crippen molar-refractivity contribution in [2.45, 2.75) is 25.3 Å². The highest BCUT2D eigenvalue weighted by molar-refractivity contribution is 5.27. The molecule has 1 aliphatic carbocycles. The molecule has 4 rings (SSSR count). The Morgan fingerprint density at radius 1 is 1.25 bits per heavy atom. The second-order valence-electron chi connectivity index (χ2n) is 6.03. The maximum Gasteiger partial charge on any atom is 0.123 e. The molecule has 1 saturated heterocycles. The first-order valence-corrected chi connectivity index (χ1v) is 7.28. The lowest BCUT2D eigenvalue weighted by Gasteiger charge is -2.23. The monoisotopic (exact) mass is 271 g/mol. The van der Waals surface area contributed by atoms with Crippen LogP contribution in [-0.2, 0) is 13.0 Å². The van der Waals surface area contributed by atoms with Gasteiger partial charge in [-0.3, -0.25) is 10.00 Å². The van der Waals surface area contributed by atoms with Crippen LogP contribution >= 0.6 is 0 Å². The summed E-state index contributed by atoms with van der Waals surface area (Å²) in [6, 6.07) is 6.87. The van der Waals surface area contributed by atoms with Gasteiger partial charge in [-0.2, -0.15) is 5.10 Å². The molecule has 1 aromatic carbocycles. The Labute approximate surface area is 117 Å². The first-order valence-electron chi connectivity index (χ1n) is 7.28. The fourth-order valence-corrected chi connectivity index (χ4v) is 3.74. The van der Waals surface area contributed by atoms with Crippen molar-refractivity contribution >= 4 is 0 Å². The standard InChI is InChI=1S/C16H18FN3/c17-14-5-1-11(2-6-14)8-20-9-13-4-3-12-7-18-19-16(12)15(13)10-20/h1-2,5-7,13,15H,3-4,8-10H2,(H,18,19)/t13-,15+/m1/s1. The average molecular weight is 271 g/mol. The van der Waals surface area contributed by atoms with Crippen LogP contribution in [0.2, 0.25) is 0 Å². The van der Waals surface area contributed by atoms with Gasteiger partial charge in [0, 0.05) is 31.2 Å². The number of halogens is 1. The molecule has 20 heavy (non-hydrogen) atoms. The van der Waals surface area contributed by atoms with Crippen molar-refractivity contribution in [2.24, 2.45) is 5.92 Å². The molecule has 104 valence electrons. The number of rotatable bonds is 2. The number of H-pyrrole nitrogens is 1. The van der Waals surface area contributed by atoms with Gasteiger partial charge in [-0.1, -0.05) is 12.1 Å². The molecule has 1 fully saturated rings. The highest BCUT2D eigenvalue weighted by Gasteiger charge is 2.38. The van der Waals surface area contributed by atoms with Crippen molar-refractivity contribution in [3.63, 3.8) is 0 Å². The summed E-state index contributed by atoms with van der Waals surface area (Å²) in [4.78, 5) is 2.48. The Balaban J connectivity index is 1.50. The lowest BCUT2D eigenvalue weighted by atomic mass is 9.81. The minimum atomic E-state index is -0.161. The topological polar surface area (TPSA) is 31.9 Å². The zero-order valence-corrected chi connectivity index (χ0v) is 11.3. The van der Waals surface area contributed by atoms with E-state index in [1.165, 1.54) is 23.2 Å². The number of nitrogens with zero attached hydrogens (tertiary/aromatic N) is 2. The third-order valence-corrected chi connectivity index (χ3v) is 4.74. The van der Waals surface area contributed by atoms with Gasteiger partial charge >= 0.3 is 0 Å². The van der Waals surface area contributed by atoms with E-state index in [0.29, 0.717) is 5.92 Å². The number of aromatic amines is 1. The van der Waals surface area contributed by atoms with E-state index in [9.17, 15) is 4.39 Å². The molecule has 0 saturated carbocycles. The normalized spacial score (nSPS) is 25.4. The number of hydrogen-bond donors (Lipinski definition) is 1. The summed E-state index contributed by atoms with van der Waals surface area (Å²) in [6.45, 7) is 3.13. The van der Waals surface area contributed by atoms with Crippen LogP contribution in [0, 0.1) is 11.7 Å². The number of benzene rings is 1. The van der Waals surface area contributed by atoms with Crippen LogP contribution in [0.3, 0.4) is 0 Å². The van der Waals surface area contributed by atoms with Gasteiger partial charge in [0.05, 0.1) is 6.20 Å². The summed E-state index contributed by atoms with van der Waals surface area (Å²) in [5.41, 5.74) is 3.94. The molecule has 4 heteroatoms. The van der Waals surface area contributed by atoms with Crippen LogP contribution in [-0.4, -0.2) is 28.2 Å². The summed E-state index contributed by atoms with van der Waals surface area (Å²) < 4.78 is 12.9. The molecule has 2 aromatic rings. The number of aromatic nitrogens is 2. The van der Waals surface area contributed by atoms with Gasteiger partial charge in [-0.25, -0.2) is 4.39 Å². The van der Waals surface area contributed by atoms with Crippen molar-refractivity contribution < 1.29 is 4.39 Å². The van der Waals surface area contributed by atoms with E-state index in [1.54, 1.807) is 12.1 Å². The van der Waals surface area contributed by atoms with Crippen molar-refractivity contribution in [1.29, 1.82) is 0 Å². The molecule has 2 heterocycles. The number of aryl methyl sites for hydroxylation is 1. The first-order chi connectivity index (χ1) is 9.79. The van der Waals surface area contributed by atoms with Crippen LogP contribution in [0.25, 0.3) is 0 Å². The van der Waals surface area contributed by atoms with Crippen molar-refractivity contribution in [3.8, 4) is 0 Å². The van der Waals surface area contributed by atoms with Crippen LogP contribution in [0.4, 0.5) is 4.39 Å². The van der Waals surface area contributed by atoms with E-state index in [2.05, 4.69) is 15.1 Å². The molecule has 0 radical (unpaired) electrons. The third-order valence-electron chi connectivity index (χ3n) is 4.74. The lowest BCUT2D eigenvalue weighted by molar-refractivity contribution is 0.313. The van der Waals surface area contributed by atoms with E-state index in [0.717, 1.165) is 32.0 Å². The van der Waals surface area contributed by atoms with Gasteiger partial charge in [-0.15, -0.1) is 0 Å². The van der Waals surface area contributed by atoms with Gasteiger partial charge in [-0.05, 0) is 42.0 Å². The quantitative estimate of drug-likeness (QED) is 0.910. The predicted octanol–water partition coefficient (Wildman–Crippen LogP) is 2.71. The van der Waals surface area contributed by atoms with E-state index >= 15 is 0 Å². The Morgan fingerprint density at radius 2 is 2.10 bits per heavy atom. The SMILES string of the molecule is Fc1ccc(CN2C[C@H]3CCc4cn[nH]c4[C@H]3C2)cc1. The maximum absolute atomic E-state index is 12.9. The zero-order chi connectivity index (χ0) is 13.5. The van der Waals surface area contributed by atoms with E-state index in [1.807, 2.05) is 18.3 Å². The Kier molecular flexibility index (Phi) is 2.84. The Bertz CT molecular complexity index is 604. The summed E-state index contributed by atoms with van der Waals surface area (Å²) >= 11 is 0. The van der Waals surface area contributed by atoms with E-state index in [4.69, 9.17) is 0 Å². The molecular formula is C16H18FN3. The fraction of sp³-hybridized carbons (Fsp3) is 0.438. The largest absolute Gasteiger partial charge is 0.298 e. The first kappa shape index (κ1) is 12.1. The minimum absolute atomic E-state index is 0.161. The van der Waals surface area contributed by atoms with Crippen molar-refractivity contribution in [2.75, 3.05) is 13.1 Å². The molecule has 3 nitrogen and oxygen atoms in total. The summed E-state index contributed by atoms with van der Waals surface area (Å²) in [5, 5.41) is 7.39. The molecule has 0 bridgehead atoms. The van der Waals surface area contributed by atoms with Crippen molar-refractivity contribution in [3.05, 3.63) is 53.1 Å². The summed E-state index contributed by atoms with van der Waals surface area (Å²) in [7, 11) is 0. The highest BCUT2D eigenvalue weighted by atomic mass is 19.1. The molecule has 1 N–H and O–H groups in total.